The number of ether oxygens (including phenoxy) is 2. The Kier molecular flexibility index (Phi) is 6.37. The summed E-state index contributed by atoms with van der Waals surface area (Å²) in [5.74, 6) is -0.375. The van der Waals surface area contributed by atoms with Crippen molar-refractivity contribution < 1.29 is 48.9 Å². The SMILES string of the molecule is Cc1c(-c2cc(C(=O)[O-])c3c(OCC4COC4)ccc(C)c3n2)sc2ccccc12.[Na+]. The van der Waals surface area contributed by atoms with Gasteiger partial charge in [0.05, 0.1) is 47.3 Å². The van der Waals surface area contributed by atoms with E-state index in [1.807, 2.05) is 38.1 Å². The molecule has 0 saturated carbocycles. The van der Waals surface area contributed by atoms with Crippen LogP contribution in [0.1, 0.15) is 21.5 Å². The molecule has 5 rings (SSSR count). The van der Waals surface area contributed by atoms with Gasteiger partial charge in [-0.15, -0.1) is 11.3 Å². The number of carbonyl (C=O) groups is 1. The molecule has 4 aromatic rings. The average Bonchev–Trinajstić information content (AvgIpc) is 3.04. The Morgan fingerprint density at radius 1 is 1.23 bits per heavy atom. The first-order chi connectivity index (χ1) is 14.5. The van der Waals surface area contributed by atoms with Crippen LogP contribution in [0, 0.1) is 19.8 Å². The number of aromatic nitrogens is 1. The molecule has 0 radical (unpaired) electrons. The Balaban J connectivity index is 0.00000231. The number of nitrogens with zero attached hydrogens (tertiary/aromatic N) is 1. The van der Waals surface area contributed by atoms with Gasteiger partial charge < -0.3 is 19.4 Å². The Labute approximate surface area is 206 Å². The molecular weight excluding hydrogens is 421 g/mol. The van der Waals surface area contributed by atoms with Crippen molar-refractivity contribution in [3.8, 4) is 16.3 Å². The maximum atomic E-state index is 12.1. The van der Waals surface area contributed by atoms with Gasteiger partial charge in [-0.05, 0) is 48.6 Å². The Bertz CT molecular complexity index is 1300. The minimum Gasteiger partial charge on any atom is -0.545 e. The Hall–Kier alpha value is -1.96. The number of pyridine rings is 1. The van der Waals surface area contributed by atoms with Gasteiger partial charge in [0.15, 0.2) is 0 Å². The first-order valence-corrected chi connectivity index (χ1v) is 10.7. The van der Waals surface area contributed by atoms with Crippen molar-refractivity contribution in [1.29, 1.82) is 0 Å². The van der Waals surface area contributed by atoms with Crippen LogP contribution in [0.2, 0.25) is 0 Å². The van der Waals surface area contributed by atoms with Gasteiger partial charge in [0, 0.05) is 16.2 Å². The monoisotopic (exact) mass is 441 g/mol. The summed E-state index contributed by atoms with van der Waals surface area (Å²) in [6.07, 6.45) is 0. The van der Waals surface area contributed by atoms with Crippen molar-refractivity contribution in [2.45, 2.75) is 13.8 Å². The third-order valence-corrected chi connectivity index (χ3v) is 6.90. The zero-order valence-electron chi connectivity index (χ0n) is 17.7. The van der Waals surface area contributed by atoms with E-state index in [9.17, 15) is 9.90 Å². The van der Waals surface area contributed by atoms with E-state index in [2.05, 4.69) is 12.1 Å². The normalized spacial score (nSPS) is 13.7. The van der Waals surface area contributed by atoms with Crippen LogP contribution in [0.15, 0.2) is 42.5 Å². The maximum absolute atomic E-state index is 12.1. The molecule has 0 amide bonds. The second kappa shape index (κ2) is 8.88. The van der Waals surface area contributed by atoms with E-state index in [1.165, 1.54) is 0 Å². The van der Waals surface area contributed by atoms with Crippen molar-refractivity contribution in [2.75, 3.05) is 19.8 Å². The molecule has 1 aliphatic heterocycles. The fourth-order valence-electron chi connectivity index (χ4n) is 3.85. The number of carboxylic acid groups (broad SMARTS) is 1. The smallest absolute Gasteiger partial charge is 0.545 e. The number of carbonyl (C=O) groups excluding carboxylic acids is 1. The summed E-state index contributed by atoms with van der Waals surface area (Å²) in [6.45, 7) is 5.81. The number of hydrogen-bond donors (Lipinski definition) is 0. The standard InChI is InChI=1S/C24H21NO4S.Na/c1-13-7-8-19(29-12-15-10-28-11-15)21-17(24(26)27)9-18(25-22(13)21)23-14(2)16-5-3-4-6-20(16)30-23;/h3-9,15H,10-12H2,1-2H3,(H,26,27);/q;+1/p-1. The average molecular weight is 441 g/mol. The molecule has 152 valence electrons. The summed E-state index contributed by atoms with van der Waals surface area (Å²) in [6, 6.07) is 13.5. The van der Waals surface area contributed by atoms with Crippen LogP contribution in [0.3, 0.4) is 0 Å². The van der Waals surface area contributed by atoms with Crippen LogP contribution < -0.4 is 39.4 Å². The van der Waals surface area contributed by atoms with Crippen molar-refractivity contribution in [3.63, 3.8) is 0 Å². The molecule has 2 aromatic heterocycles. The van der Waals surface area contributed by atoms with Gasteiger partial charge >= 0.3 is 29.6 Å². The number of thiophene rings is 1. The number of aryl methyl sites for hydroxylation is 2. The second-order valence-corrected chi connectivity index (χ2v) is 8.77. The first kappa shape index (κ1) is 22.2. The van der Waals surface area contributed by atoms with Crippen LogP contribution in [0.5, 0.6) is 5.75 Å². The molecule has 2 aromatic carbocycles. The van der Waals surface area contributed by atoms with Gasteiger partial charge in [-0.1, -0.05) is 24.3 Å². The van der Waals surface area contributed by atoms with Gasteiger partial charge in [0.1, 0.15) is 5.75 Å². The molecule has 0 bridgehead atoms. The van der Waals surface area contributed by atoms with Gasteiger partial charge in [-0.2, -0.15) is 0 Å². The van der Waals surface area contributed by atoms with Gasteiger partial charge in [0.25, 0.3) is 0 Å². The van der Waals surface area contributed by atoms with Gasteiger partial charge in [-0.3, -0.25) is 0 Å². The minimum atomic E-state index is -1.23. The van der Waals surface area contributed by atoms with Crippen LogP contribution in [0.25, 0.3) is 31.6 Å². The van der Waals surface area contributed by atoms with Crippen molar-refractivity contribution in [3.05, 3.63) is 59.2 Å². The predicted octanol–water partition coefficient (Wildman–Crippen LogP) is 1.13. The molecule has 7 heteroatoms. The molecule has 31 heavy (non-hydrogen) atoms. The first-order valence-electron chi connectivity index (χ1n) is 9.87. The molecule has 5 nitrogen and oxygen atoms in total. The molecule has 0 unspecified atom stereocenters. The third kappa shape index (κ3) is 3.99. The number of benzene rings is 2. The number of aromatic carboxylic acids is 1. The van der Waals surface area contributed by atoms with E-state index in [0.29, 0.717) is 48.1 Å². The zero-order chi connectivity index (χ0) is 20.8. The van der Waals surface area contributed by atoms with E-state index in [4.69, 9.17) is 14.5 Å². The molecule has 3 heterocycles. The molecule has 0 N–H and O–H groups in total. The third-order valence-electron chi connectivity index (χ3n) is 5.60. The van der Waals surface area contributed by atoms with E-state index < -0.39 is 5.97 Å². The molecule has 1 fully saturated rings. The molecule has 1 aliphatic rings. The maximum Gasteiger partial charge on any atom is 1.00 e. The summed E-state index contributed by atoms with van der Waals surface area (Å²) in [5.41, 5.74) is 3.38. The summed E-state index contributed by atoms with van der Waals surface area (Å²) < 4.78 is 12.3. The number of fused-ring (bicyclic) bond motifs is 2. The molecule has 0 atom stereocenters. The van der Waals surface area contributed by atoms with E-state index >= 15 is 0 Å². The van der Waals surface area contributed by atoms with Crippen LogP contribution in [-0.2, 0) is 4.74 Å². The second-order valence-electron chi connectivity index (χ2n) is 7.71. The quantitative estimate of drug-likeness (QED) is 0.434. The largest absolute Gasteiger partial charge is 1.00 e. The number of rotatable bonds is 5. The summed E-state index contributed by atoms with van der Waals surface area (Å²) in [7, 11) is 0. The summed E-state index contributed by atoms with van der Waals surface area (Å²) in [5, 5.41) is 13.8. The van der Waals surface area contributed by atoms with Crippen molar-refractivity contribution in [1.82, 2.24) is 4.98 Å². The topological polar surface area (TPSA) is 71.5 Å². The molecule has 0 aliphatic carbocycles. The van der Waals surface area contributed by atoms with Gasteiger partial charge in [0.2, 0.25) is 0 Å². The predicted molar refractivity (Wildman–Crippen MR) is 116 cm³/mol. The molecule has 1 saturated heterocycles. The van der Waals surface area contributed by atoms with Crippen LogP contribution in [-0.4, -0.2) is 30.8 Å². The Morgan fingerprint density at radius 3 is 2.68 bits per heavy atom. The summed E-state index contributed by atoms with van der Waals surface area (Å²) >= 11 is 1.62. The number of carboxylic acids is 1. The van der Waals surface area contributed by atoms with E-state index in [-0.39, 0.29) is 35.1 Å². The summed E-state index contributed by atoms with van der Waals surface area (Å²) in [4.78, 5) is 18.0. The van der Waals surface area contributed by atoms with Crippen LogP contribution in [0.4, 0.5) is 0 Å². The fraction of sp³-hybridized carbons (Fsp3) is 0.250. The van der Waals surface area contributed by atoms with E-state index in [1.54, 1.807) is 17.4 Å². The van der Waals surface area contributed by atoms with Crippen LogP contribution >= 0.6 is 11.3 Å². The fourth-order valence-corrected chi connectivity index (χ4v) is 5.02. The Morgan fingerprint density at radius 2 is 2.00 bits per heavy atom. The van der Waals surface area contributed by atoms with Crippen molar-refractivity contribution >= 4 is 38.3 Å². The number of hydrogen-bond acceptors (Lipinski definition) is 6. The van der Waals surface area contributed by atoms with Gasteiger partial charge in [-0.25, -0.2) is 4.98 Å². The minimum absolute atomic E-state index is 0. The zero-order valence-corrected chi connectivity index (χ0v) is 20.5. The van der Waals surface area contributed by atoms with E-state index in [0.717, 1.165) is 26.1 Å². The molecule has 0 spiro atoms. The molecular formula is C24H20NNaO4S. The van der Waals surface area contributed by atoms with Crippen molar-refractivity contribution in [2.24, 2.45) is 5.92 Å².